The van der Waals surface area contributed by atoms with Gasteiger partial charge >= 0.3 is 0 Å². The predicted molar refractivity (Wildman–Crippen MR) is 83.0 cm³/mol. The van der Waals surface area contributed by atoms with E-state index in [0.717, 1.165) is 35.5 Å². The molecule has 0 saturated heterocycles. The summed E-state index contributed by atoms with van der Waals surface area (Å²) in [7, 11) is 1.65. The lowest BCUT2D eigenvalue weighted by atomic mass is 10.0. The van der Waals surface area contributed by atoms with E-state index in [9.17, 15) is 5.11 Å². The van der Waals surface area contributed by atoms with Crippen molar-refractivity contribution in [1.82, 2.24) is 0 Å². The minimum Gasteiger partial charge on any atom is -0.507 e. The molecule has 1 N–H and O–H groups in total. The number of phenolic OH excluding ortho intramolecular Hbond substituents is 1. The molecule has 2 aromatic carbocycles. The standard InChI is InChI=1S/C18H20O3/c1-20-17-11-10-13(15-8-4-5-9-16(15)19)12-18(17)21-14-6-2-3-7-14/h4-5,8-12,14,19H,2-3,6-7H2,1H3. The van der Waals surface area contributed by atoms with E-state index < -0.39 is 0 Å². The molecule has 0 atom stereocenters. The first-order valence-electron chi connectivity index (χ1n) is 7.41. The Balaban J connectivity index is 1.94. The number of ether oxygens (including phenoxy) is 2. The summed E-state index contributed by atoms with van der Waals surface area (Å²) in [4.78, 5) is 0. The van der Waals surface area contributed by atoms with Gasteiger partial charge < -0.3 is 14.6 Å². The van der Waals surface area contributed by atoms with Gasteiger partial charge in [0.1, 0.15) is 5.75 Å². The number of benzene rings is 2. The largest absolute Gasteiger partial charge is 0.507 e. The first-order valence-corrected chi connectivity index (χ1v) is 7.41. The highest BCUT2D eigenvalue weighted by Crippen LogP contribution is 2.37. The number of hydrogen-bond donors (Lipinski definition) is 1. The number of phenols is 1. The molecule has 1 aliphatic carbocycles. The summed E-state index contributed by atoms with van der Waals surface area (Å²) in [6, 6.07) is 13.1. The molecule has 1 fully saturated rings. The Hall–Kier alpha value is -2.16. The molecule has 3 heteroatoms. The second-order valence-corrected chi connectivity index (χ2v) is 5.41. The lowest BCUT2D eigenvalue weighted by Crippen LogP contribution is -2.11. The minimum atomic E-state index is 0.273. The zero-order valence-electron chi connectivity index (χ0n) is 12.2. The number of para-hydroxylation sites is 1. The summed E-state index contributed by atoms with van der Waals surface area (Å²) < 4.78 is 11.5. The zero-order chi connectivity index (χ0) is 14.7. The molecule has 1 saturated carbocycles. The van der Waals surface area contributed by atoms with E-state index in [4.69, 9.17) is 9.47 Å². The number of hydrogen-bond acceptors (Lipinski definition) is 3. The quantitative estimate of drug-likeness (QED) is 0.905. The number of aromatic hydroxyl groups is 1. The minimum absolute atomic E-state index is 0.273. The Bertz CT molecular complexity index is 616. The first kappa shape index (κ1) is 13.8. The fourth-order valence-corrected chi connectivity index (χ4v) is 2.84. The van der Waals surface area contributed by atoms with Crippen molar-refractivity contribution in [2.24, 2.45) is 0 Å². The van der Waals surface area contributed by atoms with E-state index in [1.165, 1.54) is 12.8 Å². The van der Waals surface area contributed by atoms with E-state index in [0.29, 0.717) is 0 Å². The second-order valence-electron chi connectivity index (χ2n) is 5.41. The summed E-state index contributed by atoms with van der Waals surface area (Å²) in [5.74, 6) is 1.76. The van der Waals surface area contributed by atoms with Crippen molar-refractivity contribution in [3.8, 4) is 28.4 Å². The van der Waals surface area contributed by atoms with Crippen LogP contribution in [0.25, 0.3) is 11.1 Å². The molecular formula is C18H20O3. The van der Waals surface area contributed by atoms with Gasteiger partial charge in [0.05, 0.1) is 13.2 Å². The predicted octanol–water partition coefficient (Wildman–Crippen LogP) is 4.39. The van der Waals surface area contributed by atoms with Crippen LogP contribution in [0.2, 0.25) is 0 Å². The van der Waals surface area contributed by atoms with Crippen LogP contribution in [0.5, 0.6) is 17.2 Å². The Kier molecular flexibility index (Phi) is 4.00. The van der Waals surface area contributed by atoms with Crippen molar-refractivity contribution >= 4 is 0 Å². The van der Waals surface area contributed by atoms with Crippen molar-refractivity contribution in [3.05, 3.63) is 42.5 Å². The van der Waals surface area contributed by atoms with Gasteiger partial charge in [0.25, 0.3) is 0 Å². The van der Waals surface area contributed by atoms with Gasteiger partial charge in [-0.05, 0) is 49.4 Å². The van der Waals surface area contributed by atoms with Crippen molar-refractivity contribution in [3.63, 3.8) is 0 Å². The normalized spacial score (nSPS) is 15.1. The van der Waals surface area contributed by atoms with Crippen LogP contribution in [0.1, 0.15) is 25.7 Å². The van der Waals surface area contributed by atoms with Crippen LogP contribution < -0.4 is 9.47 Å². The number of rotatable bonds is 4. The summed E-state index contributed by atoms with van der Waals surface area (Å²) in [6.07, 6.45) is 4.94. The van der Waals surface area contributed by atoms with Gasteiger partial charge in [-0.15, -0.1) is 0 Å². The summed E-state index contributed by atoms with van der Waals surface area (Å²) >= 11 is 0. The van der Waals surface area contributed by atoms with Crippen LogP contribution >= 0.6 is 0 Å². The highest BCUT2D eigenvalue weighted by atomic mass is 16.5. The molecule has 0 amide bonds. The van der Waals surface area contributed by atoms with Crippen molar-refractivity contribution < 1.29 is 14.6 Å². The molecule has 0 aliphatic heterocycles. The number of methoxy groups -OCH3 is 1. The molecule has 0 aromatic heterocycles. The van der Waals surface area contributed by atoms with Crippen LogP contribution in [0.4, 0.5) is 0 Å². The van der Waals surface area contributed by atoms with Gasteiger partial charge in [-0.3, -0.25) is 0 Å². The van der Waals surface area contributed by atoms with Gasteiger partial charge in [-0.2, -0.15) is 0 Å². The van der Waals surface area contributed by atoms with Crippen LogP contribution in [0.15, 0.2) is 42.5 Å². The molecular weight excluding hydrogens is 264 g/mol. The average molecular weight is 284 g/mol. The monoisotopic (exact) mass is 284 g/mol. The van der Waals surface area contributed by atoms with Crippen LogP contribution in [0, 0.1) is 0 Å². The Morgan fingerprint density at radius 3 is 2.48 bits per heavy atom. The third kappa shape index (κ3) is 2.97. The lowest BCUT2D eigenvalue weighted by Gasteiger charge is -2.17. The molecule has 2 aromatic rings. The van der Waals surface area contributed by atoms with Gasteiger partial charge in [-0.1, -0.05) is 24.3 Å². The summed E-state index contributed by atoms with van der Waals surface area (Å²) in [5, 5.41) is 9.99. The lowest BCUT2D eigenvalue weighted by molar-refractivity contribution is 0.201. The molecule has 3 nitrogen and oxygen atoms in total. The third-order valence-corrected chi connectivity index (χ3v) is 3.97. The maximum atomic E-state index is 9.99. The van der Waals surface area contributed by atoms with Crippen molar-refractivity contribution in [2.75, 3.05) is 7.11 Å². The van der Waals surface area contributed by atoms with Crippen LogP contribution in [-0.2, 0) is 0 Å². The van der Waals surface area contributed by atoms with E-state index >= 15 is 0 Å². The molecule has 0 bridgehead atoms. The maximum absolute atomic E-state index is 9.99. The Morgan fingerprint density at radius 1 is 1.00 bits per heavy atom. The SMILES string of the molecule is COc1ccc(-c2ccccc2O)cc1OC1CCCC1. The van der Waals surface area contributed by atoms with Gasteiger partial charge in [-0.25, -0.2) is 0 Å². The highest BCUT2D eigenvalue weighted by molar-refractivity contribution is 5.72. The van der Waals surface area contributed by atoms with Gasteiger partial charge in [0.2, 0.25) is 0 Å². The van der Waals surface area contributed by atoms with E-state index in [1.807, 2.05) is 36.4 Å². The first-order chi connectivity index (χ1) is 10.3. The maximum Gasteiger partial charge on any atom is 0.162 e. The topological polar surface area (TPSA) is 38.7 Å². The van der Waals surface area contributed by atoms with Crippen LogP contribution in [0.3, 0.4) is 0 Å². The molecule has 0 spiro atoms. The van der Waals surface area contributed by atoms with Gasteiger partial charge in [0, 0.05) is 5.56 Å². The molecule has 0 unspecified atom stereocenters. The zero-order valence-corrected chi connectivity index (χ0v) is 12.2. The average Bonchev–Trinajstić information content (AvgIpc) is 3.01. The summed E-state index contributed by atoms with van der Waals surface area (Å²) in [6.45, 7) is 0. The van der Waals surface area contributed by atoms with Crippen molar-refractivity contribution in [2.45, 2.75) is 31.8 Å². The van der Waals surface area contributed by atoms with Crippen LogP contribution in [-0.4, -0.2) is 18.3 Å². The highest BCUT2D eigenvalue weighted by Gasteiger charge is 2.19. The molecule has 0 heterocycles. The van der Waals surface area contributed by atoms with Gasteiger partial charge in [0.15, 0.2) is 11.5 Å². The molecule has 0 radical (unpaired) electrons. The van der Waals surface area contributed by atoms with E-state index in [2.05, 4.69) is 0 Å². The van der Waals surface area contributed by atoms with Crippen molar-refractivity contribution in [1.29, 1.82) is 0 Å². The second kappa shape index (κ2) is 6.08. The molecule has 3 rings (SSSR count). The van der Waals surface area contributed by atoms with E-state index in [-0.39, 0.29) is 11.9 Å². The smallest absolute Gasteiger partial charge is 0.162 e. The van der Waals surface area contributed by atoms with E-state index in [1.54, 1.807) is 13.2 Å². The molecule has 21 heavy (non-hydrogen) atoms. The fraction of sp³-hybridized carbons (Fsp3) is 0.333. The molecule has 110 valence electrons. The fourth-order valence-electron chi connectivity index (χ4n) is 2.84. The molecule has 1 aliphatic rings. The Morgan fingerprint density at radius 2 is 1.76 bits per heavy atom. The Labute approximate surface area is 125 Å². The third-order valence-electron chi connectivity index (χ3n) is 3.97. The summed E-state index contributed by atoms with van der Waals surface area (Å²) in [5.41, 5.74) is 1.73.